The zero-order valence-electron chi connectivity index (χ0n) is 29.3. The van der Waals surface area contributed by atoms with Gasteiger partial charge in [0, 0.05) is 22.8 Å². The number of aromatic hydroxyl groups is 1. The van der Waals surface area contributed by atoms with Crippen LogP contribution < -0.4 is 16.0 Å². The summed E-state index contributed by atoms with van der Waals surface area (Å²) in [5.74, 6) is -1.14. The molecule has 0 aliphatic carbocycles. The number of sulfone groups is 1. The average molecular weight is 939 g/mol. The number of halogens is 1. The predicted molar refractivity (Wildman–Crippen MR) is 209 cm³/mol. The van der Waals surface area contributed by atoms with Crippen molar-refractivity contribution in [3.05, 3.63) is 65.9 Å². The van der Waals surface area contributed by atoms with Crippen molar-refractivity contribution >= 4 is 119 Å². The Morgan fingerprint density at radius 1 is 0.881 bits per heavy atom. The number of anilines is 5. The fourth-order valence-corrected chi connectivity index (χ4v) is 8.05. The van der Waals surface area contributed by atoms with E-state index in [-0.39, 0.29) is 71.5 Å². The van der Waals surface area contributed by atoms with Crippen molar-refractivity contribution < 1.29 is 74.6 Å². The molecule has 0 aliphatic heterocycles. The number of aromatic nitrogens is 3. The number of nitrogens with two attached hydrogens (primary N) is 1. The quantitative estimate of drug-likeness (QED) is 0.00957. The first-order chi connectivity index (χ1) is 28.2. The lowest BCUT2D eigenvalue weighted by Crippen LogP contribution is -2.21. The van der Waals surface area contributed by atoms with Gasteiger partial charge in [0.05, 0.1) is 74.2 Å². The van der Waals surface area contributed by atoms with E-state index in [4.69, 9.17) is 37.7 Å². The van der Waals surface area contributed by atoms with E-state index in [1.165, 1.54) is 59.5 Å². The number of benzene rings is 4. The molecule has 0 aliphatic rings. The molecule has 5 rings (SSSR count). The number of nitrogens with zero attached hydrogens (tertiary/aromatic N) is 6. The summed E-state index contributed by atoms with van der Waals surface area (Å²) >= 11 is 7.87. The van der Waals surface area contributed by atoms with Crippen molar-refractivity contribution in [2.75, 3.05) is 34.9 Å². The van der Waals surface area contributed by atoms with Gasteiger partial charge >= 0.3 is 10.4 Å². The highest BCUT2D eigenvalue weighted by Gasteiger charge is 2.21. The molecule has 59 heavy (non-hydrogen) atoms. The van der Waals surface area contributed by atoms with Crippen LogP contribution in [0.5, 0.6) is 5.75 Å². The van der Waals surface area contributed by atoms with Gasteiger partial charge in [0.1, 0.15) is 17.1 Å². The van der Waals surface area contributed by atoms with Gasteiger partial charge in [0.2, 0.25) is 17.2 Å². The maximum atomic E-state index is 12.9. The fourth-order valence-electron chi connectivity index (χ4n) is 4.98. The molecule has 0 saturated carbocycles. The van der Waals surface area contributed by atoms with Gasteiger partial charge in [-0.2, -0.15) is 23.4 Å². The van der Waals surface area contributed by atoms with Crippen LogP contribution in [-0.2, 0) is 52.5 Å². The van der Waals surface area contributed by atoms with Crippen molar-refractivity contribution in [1.29, 1.82) is 0 Å². The highest BCUT2D eigenvalue weighted by Crippen LogP contribution is 2.46. The molecule has 0 unspecified atom stereocenters. The smallest absolute Gasteiger partial charge is 0.397 e. The summed E-state index contributed by atoms with van der Waals surface area (Å²) in [7, 11) is -8.91. The number of hydrogen-bond donors (Lipinski definition) is 7. The molecule has 316 valence electrons. The predicted octanol–water partition coefficient (Wildman–Crippen LogP) is 7.16. The van der Waals surface area contributed by atoms with E-state index in [2.05, 4.69) is 62.8 Å². The molecule has 0 fully saturated rings. The Labute approximate surface area is 350 Å². The normalized spacial score (nSPS) is 12.1. The molecule has 5 aromatic rings. The first-order valence-corrected chi connectivity index (χ1v) is 21.3. The van der Waals surface area contributed by atoms with Gasteiger partial charge in [-0.05, 0) is 78.5 Å². The summed E-state index contributed by atoms with van der Waals surface area (Å²) < 4.78 is 74.1. The maximum Gasteiger partial charge on any atom is 0.397 e. The Morgan fingerprint density at radius 3 is 2.29 bits per heavy atom. The second-order valence-electron chi connectivity index (χ2n) is 10.9. The molecule has 24 nitrogen and oxygen atoms in total. The Morgan fingerprint density at radius 2 is 1.59 bits per heavy atom. The number of phenolic OH excluding ortho intramolecular Hbond substituents is 1. The Kier molecular flexibility index (Phi) is 16.2. The maximum absolute atomic E-state index is 12.9. The van der Waals surface area contributed by atoms with Gasteiger partial charge in [-0.3, -0.25) is 4.55 Å². The van der Waals surface area contributed by atoms with Gasteiger partial charge in [0.15, 0.2) is 9.84 Å². The minimum atomic E-state index is -4.84. The van der Waals surface area contributed by atoms with Crippen LogP contribution in [0.25, 0.3) is 10.8 Å². The first-order valence-electron chi connectivity index (χ1n) is 15.7. The molecule has 0 amide bonds. The summed E-state index contributed by atoms with van der Waals surface area (Å²) in [5.41, 5.74) is 6.98. The Hall–Kier alpha value is -4.25. The summed E-state index contributed by atoms with van der Waals surface area (Å²) in [6, 6.07) is 14.3. The summed E-state index contributed by atoms with van der Waals surface area (Å²) in [6.07, 6.45) is 0. The molecule has 8 N–H and O–H groups in total. The van der Waals surface area contributed by atoms with E-state index in [9.17, 15) is 21.9 Å². The van der Waals surface area contributed by atoms with E-state index in [0.717, 1.165) is 0 Å². The zero-order chi connectivity index (χ0) is 42.7. The zero-order valence-corrected chi connectivity index (χ0v) is 34.1. The molecular formula is C29H27ClN8O16S5. The van der Waals surface area contributed by atoms with Crippen LogP contribution in [0.3, 0.4) is 0 Å². The summed E-state index contributed by atoms with van der Waals surface area (Å²) in [6.45, 7) is 1.13. The highest BCUT2D eigenvalue weighted by molar-refractivity contribution is 7.95. The second-order valence-corrected chi connectivity index (χ2v) is 16.7. The Bertz CT molecular complexity index is 2550. The molecule has 1 heterocycles. The largest absolute Gasteiger partial charge is 0.507 e. The molecular weight excluding hydrogens is 912 g/mol. The average Bonchev–Trinajstić information content (AvgIpc) is 3.18. The van der Waals surface area contributed by atoms with Crippen LogP contribution in [0.4, 0.5) is 40.3 Å². The molecule has 0 radical (unpaired) electrons. The van der Waals surface area contributed by atoms with Gasteiger partial charge < -0.3 is 21.1 Å². The molecule has 30 heteroatoms. The summed E-state index contributed by atoms with van der Waals surface area (Å²) in [5, 5.41) is 59.9. The minimum Gasteiger partial charge on any atom is -0.507 e. The topological polar surface area (TPSA) is 339 Å². The first kappa shape index (κ1) is 45.8. The molecule has 1 aromatic heterocycles. The van der Waals surface area contributed by atoms with Crippen LogP contribution in [-0.4, -0.2) is 76.1 Å². The van der Waals surface area contributed by atoms with Gasteiger partial charge in [0.25, 0.3) is 0 Å². The van der Waals surface area contributed by atoms with Crippen LogP contribution in [0.15, 0.2) is 90.5 Å². The standard InChI is InChI=1S/C29H27ClN8O16S5/c1-2-38(17-4-3-5-19(13-17)58(43,44)9-8-48-59(45,46)47)29-34-27(30)33-28(35-29)32-16-6-7-20(22(12-16)56-53-50-41)36-37-26-24-15(11-23(25(26)31)57-54-51-42)10-18(14-21(24)39)55-52-49-40/h3-7,10-14,39-42H,2,8-9,31H2,1H3,(H,45,46,47)(H,32,33,34,35). The van der Waals surface area contributed by atoms with E-state index < -0.39 is 32.6 Å². The van der Waals surface area contributed by atoms with Crippen LogP contribution in [0.2, 0.25) is 5.28 Å². The number of fused-ring (bicyclic) bond motifs is 1. The Balaban J connectivity index is 1.45. The lowest BCUT2D eigenvalue weighted by molar-refractivity contribution is -0.432. The molecule has 0 atom stereocenters. The number of rotatable bonds is 21. The third-order valence-electron chi connectivity index (χ3n) is 7.34. The molecule has 4 aromatic carbocycles. The van der Waals surface area contributed by atoms with Crippen molar-refractivity contribution in [2.45, 2.75) is 26.5 Å². The van der Waals surface area contributed by atoms with Gasteiger partial charge in [-0.15, -0.1) is 23.2 Å². The van der Waals surface area contributed by atoms with E-state index in [1.807, 2.05) is 0 Å². The lowest BCUT2D eigenvalue weighted by atomic mass is 10.1. The third-order valence-corrected chi connectivity index (χ3v) is 11.5. The van der Waals surface area contributed by atoms with Crippen molar-refractivity contribution in [1.82, 2.24) is 15.0 Å². The van der Waals surface area contributed by atoms with Crippen molar-refractivity contribution in [3.63, 3.8) is 0 Å². The van der Waals surface area contributed by atoms with E-state index in [0.29, 0.717) is 52.9 Å². The highest BCUT2D eigenvalue weighted by atomic mass is 35.5. The summed E-state index contributed by atoms with van der Waals surface area (Å²) in [4.78, 5) is 14.7. The van der Waals surface area contributed by atoms with Gasteiger partial charge in [-0.1, -0.05) is 21.2 Å². The monoisotopic (exact) mass is 938 g/mol. The molecule has 0 spiro atoms. The number of hydrogen-bond acceptors (Lipinski definition) is 26. The van der Waals surface area contributed by atoms with E-state index >= 15 is 0 Å². The minimum absolute atomic E-state index is 0.000621. The van der Waals surface area contributed by atoms with Crippen LogP contribution >= 0.6 is 47.7 Å². The SMILES string of the molecule is CCN(c1cccc(S(=O)(=O)CCOS(=O)(=O)O)c1)c1nc(Cl)nc(Nc2ccc(N=Nc3c(N)c(SOOO)cc4cc(SOOO)cc(O)c34)c(SOOO)c2)n1. The molecule has 0 bridgehead atoms. The number of azo groups is 1. The third kappa shape index (κ3) is 12.4. The second kappa shape index (κ2) is 20.8. The number of nitrogen functional groups attached to an aromatic ring is 1. The number of phenols is 1. The van der Waals surface area contributed by atoms with Crippen LogP contribution in [0, 0.1) is 0 Å². The van der Waals surface area contributed by atoms with Crippen molar-refractivity contribution in [3.8, 4) is 5.75 Å². The van der Waals surface area contributed by atoms with Crippen molar-refractivity contribution in [2.24, 2.45) is 10.2 Å². The fraction of sp³-hybridized carbons (Fsp3) is 0.138. The number of nitrogens with one attached hydrogen (secondary N) is 1. The van der Waals surface area contributed by atoms with Crippen LogP contribution in [0.1, 0.15) is 6.92 Å². The molecule has 0 saturated heterocycles. The lowest BCUT2D eigenvalue weighted by Gasteiger charge is -2.22. The van der Waals surface area contributed by atoms with E-state index in [1.54, 1.807) is 13.0 Å². The van der Waals surface area contributed by atoms with Gasteiger partial charge in [-0.25, -0.2) is 28.4 Å².